The van der Waals surface area contributed by atoms with Crippen LogP contribution < -0.4 is 10.6 Å². The molecule has 1 aliphatic rings. The normalized spacial score (nSPS) is 18.8. The van der Waals surface area contributed by atoms with Crippen LogP contribution in [0.25, 0.3) is 0 Å². The number of sulfonamides is 1. The second-order valence-electron chi connectivity index (χ2n) is 5.74. The monoisotopic (exact) mass is 329 g/mol. The molecule has 2 rings (SSSR count). The summed E-state index contributed by atoms with van der Waals surface area (Å²) in [5.74, 6) is 0.828. The number of carbonyl (C=O) groups excluding carboxylic acids is 1. The molecule has 124 valence electrons. The summed E-state index contributed by atoms with van der Waals surface area (Å²) < 4.78 is 29.6. The van der Waals surface area contributed by atoms with Crippen LogP contribution in [0, 0.1) is 0 Å². The van der Waals surface area contributed by atoms with Gasteiger partial charge in [-0.25, -0.2) is 17.5 Å². The van der Waals surface area contributed by atoms with Crippen molar-refractivity contribution in [3.63, 3.8) is 0 Å². The zero-order chi connectivity index (χ0) is 16.2. The third-order valence-electron chi connectivity index (χ3n) is 3.72. The molecule has 1 atom stereocenters. The Morgan fingerprint density at radius 2 is 2.14 bits per heavy atom. The number of hydrogen-bond acceptors (Lipinski definition) is 4. The molecule has 0 aromatic carbocycles. The van der Waals surface area contributed by atoms with Crippen LogP contribution in [0.2, 0.25) is 0 Å². The van der Waals surface area contributed by atoms with Crippen molar-refractivity contribution in [1.29, 1.82) is 0 Å². The molecule has 0 radical (unpaired) electrons. The molecule has 8 heteroatoms. The highest BCUT2D eigenvalue weighted by atomic mass is 32.2. The molecule has 0 bridgehead atoms. The van der Waals surface area contributed by atoms with Crippen molar-refractivity contribution < 1.29 is 17.6 Å². The topological polar surface area (TPSA) is 91.7 Å². The van der Waals surface area contributed by atoms with E-state index >= 15 is 0 Å². The molecule has 1 aliphatic heterocycles. The third-order valence-corrected chi connectivity index (χ3v) is 5.03. The minimum atomic E-state index is -3.13. The van der Waals surface area contributed by atoms with Crippen molar-refractivity contribution in [2.75, 3.05) is 19.3 Å². The molecule has 0 spiro atoms. The first-order chi connectivity index (χ1) is 10.3. The SMILES string of the molecule is CC(Cc1ccco1)NC(=O)NC1CCN(S(C)(=O)=O)CC1. The average molecular weight is 329 g/mol. The van der Waals surface area contributed by atoms with Crippen molar-refractivity contribution in [3.05, 3.63) is 24.2 Å². The highest BCUT2D eigenvalue weighted by Crippen LogP contribution is 2.13. The number of piperidine rings is 1. The highest BCUT2D eigenvalue weighted by Gasteiger charge is 2.25. The lowest BCUT2D eigenvalue weighted by Gasteiger charge is -2.30. The predicted octanol–water partition coefficient (Wildman–Crippen LogP) is 0.934. The Morgan fingerprint density at radius 1 is 1.45 bits per heavy atom. The molecule has 2 heterocycles. The molecule has 0 aliphatic carbocycles. The van der Waals surface area contributed by atoms with Gasteiger partial charge in [0.05, 0.1) is 12.5 Å². The second-order valence-corrected chi connectivity index (χ2v) is 7.72. The summed E-state index contributed by atoms with van der Waals surface area (Å²) >= 11 is 0. The molecule has 1 unspecified atom stereocenters. The summed E-state index contributed by atoms with van der Waals surface area (Å²) in [4.78, 5) is 11.9. The third kappa shape index (κ3) is 5.03. The molecule has 0 saturated carbocycles. The smallest absolute Gasteiger partial charge is 0.315 e. The zero-order valence-electron chi connectivity index (χ0n) is 12.9. The van der Waals surface area contributed by atoms with Gasteiger partial charge < -0.3 is 15.1 Å². The second kappa shape index (κ2) is 7.15. The summed E-state index contributed by atoms with van der Waals surface area (Å²) in [7, 11) is -3.13. The van der Waals surface area contributed by atoms with Crippen LogP contribution in [-0.4, -0.2) is 50.2 Å². The summed E-state index contributed by atoms with van der Waals surface area (Å²) in [5, 5.41) is 5.76. The van der Waals surface area contributed by atoms with E-state index in [1.807, 2.05) is 19.1 Å². The summed E-state index contributed by atoms with van der Waals surface area (Å²) in [5.41, 5.74) is 0. The minimum absolute atomic E-state index is 0.00816. The van der Waals surface area contributed by atoms with Gasteiger partial charge in [0, 0.05) is 31.6 Å². The quantitative estimate of drug-likeness (QED) is 0.841. The van der Waals surface area contributed by atoms with Crippen LogP contribution in [0.4, 0.5) is 4.79 Å². The van der Waals surface area contributed by atoms with E-state index in [4.69, 9.17) is 4.42 Å². The number of rotatable bonds is 5. The minimum Gasteiger partial charge on any atom is -0.469 e. The van der Waals surface area contributed by atoms with Crippen molar-refractivity contribution >= 4 is 16.1 Å². The molecular formula is C14H23N3O4S. The van der Waals surface area contributed by atoms with Gasteiger partial charge in [0.25, 0.3) is 0 Å². The molecule has 7 nitrogen and oxygen atoms in total. The molecule has 1 fully saturated rings. The van der Waals surface area contributed by atoms with E-state index in [1.165, 1.54) is 10.6 Å². The van der Waals surface area contributed by atoms with Gasteiger partial charge in [-0.1, -0.05) is 0 Å². The lowest BCUT2D eigenvalue weighted by molar-refractivity contribution is 0.224. The molecule has 2 N–H and O–H groups in total. The Bertz CT molecular complexity index is 577. The van der Waals surface area contributed by atoms with Gasteiger partial charge in [0.2, 0.25) is 10.0 Å². The summed E-state index contributed by atoms with van der Waals surface area (Å²) in [6.45, 7) is 2.81. The van der Waals surface area contributed by atoms with E-state index < -0.39 is 10.0 Å². The first-order valence-electron chi connectivity index (χ1n) is 7.39. The van der Waals surface area contributed by atoms with Gasteiger partial charge in [0.15, 0.2) is 0 Å². The number of amides is 2. The largest absolute Gasteiger partial charge is 0.469 e. The number of urea groups is 1. The Balaban J connectivity index is 1.72. The Kier molecular flexibility index (Phi) is 5.47. The first-order valence-corrected chi connectivity index (χ1v) is 9.24. The molecular weight excluding hydrogens is 306 g/mol. The average Bonchev–Trinajstić information content (AvgIpc) is 2.90. The van der Waals surface area contributed by atoms with E-state index in [2.05, 4.69) is 10.6 Å². The Morgan fingerprint density at radius 3 is 2.68 bits per heavy atom. The lowest BCUT2D eigenvalue weighted by Crippen LogP contribution is -2.50. The van der Waals surface area contributed by atoms with Gasteiger partial charge in [-0.05, 0) is 31.9 Å². The fraction of sp³-hybridized carbons (Fsp3) is 0.643. The summed E-state index contributed by atoms with van der Waals surface area (Å²) in [6.07, 6.45) is 4.72. The van der Waals surface area contributed by atoms with E-state index in [0.717, 1.165) is 5.76 Å². The first kappa shape index (κ1) is 16.8. The predicted molar refractivity (Wildman–Crippen MR) is 83.0 cm³/mol. The summed E-state index contributed by atoms with van der Waals surface area (Å²) in [6, 6.07) is 3.43. The van der Waals surface area contributed by atoms with Crippen molar-refractivity contribution in [2.24, 2.45) is 0 Å². The van der Waals surface area contributed by atoms with Crippen LogP contribution in [0.15, 0.2) is 22.8 Å². The van der Waals surface area contributed by atoms with Crippen LogP contribution >= 0.6 is 0 Å². The number of hydrogen-bond donors (Lipinski definition) is 2. The lowest BCUT2D eigenvalue weighted by atomic mass is 10.1. The molecule has 1 saturated heterocycles. The van der Waals surface area contributed by atoms with Crippen molar-refractivity contribution in [2.45, 2.75) is 38.3 Å². The van der Waals surface area contributed by atoms with E-state index in [1.54, 1.807) is 6.26 Å². The Hall–Kier alpha value is -1.54. The standard InChI is InChI=1S/C14H23N3O4S/c1-11(10-13-4-3-9-21-13)15-14(18)16-12-5-7-17(8-6-12)22(2,19)20/h3-4,9,11-12H,5-8,10H2,1-2H3,(H2,15,16,18). The fourth-order valence-corrected chi connectivity index (χ4v) is 3.44. The van der Waals surface area contributed by atoms with Crippen LogP contribution in [0.3, 0.4) is 0 Å². The van der Waals surface area contributed by atoms with Crippen molar-refractivity contribution in [1.82, 2.24) is 14.9 Å². The molecule has 22 heavy (non-hydrogen) atoms. The zero-order valence-corrected chi connectivity index (χ0v) is 13.7. The number of nitrogens with one attached hydrogen (secondary N) is 2. The maximum atomic E-state index is 11.9. The van der Waals surface area contributed by atoms with E-state index in [0.29, 0.717) is 32.4 Å². The maximum absolute atomic E-state index is 11.9. The highest BCUT2D eigenvalue weighted by molar-refractivity contribution is 7.88. The van der Waals surface area contributed by atoms with Gasteiger partial charge in [0.1, 0.15) is 5.76 Å². The number of carbonyl (C=O) groups is 1. The van der Waals surface area contributed by atoms with Crippen molar-refractivity contribution in [3.8, 4) is 0 Å². The van der Waals surface area contributed by atoms with E-state index in [-0.39, 0.29) is 18.1 Å². The van der Waals surface area contributed by atoms with Gasteiger partial charge >= 0.3 is 6.03 Å². The number of nitrogens with zero attached hydrogens (tertiary/aromatic N) is 1. The molecule has 1 aromatic rings. The number of furan rings is 1. The van der Waals surface area contributed by atoms with Gasteiger partial charge in [-0.2, -0.15) is 0 Å². The van der Waals surface area contributed by atoms with Gasteiger partial charge in [-0.3, -0.25) is 0 Å². The van der Waals surface area contributed by atoms with Crippen LogP contribution in [-0.2, 0) is 16.4 Å². The molecule has 1 aromatic heterocycles. The van der Waals surface area contributed by atoms with E-state index in [9.17, 15) is 13.2 Å². The maximum Gasteiger partial charge on any atom is 0.315 e. The molecule has 2 amide bonds. The van der Waals surface area contributed by atoms with Gasteiger partial charge in [-0.15, -0.1) is 0 Å². The van der Waals surface area contributed by atoms with Crippen LogP contribution in [0.1, 0.15) is 25.5 Å². The Labute approximate surface area is 131 Å². The fourth-order valence-electron chi connectivity index (χ4n) is 2.56. The van der Waals surface area contributed by atoms with Crippen LogP contribution in [0.5, 0.6) is 0 Å².